The van der Waals surface area contributed by atoms with Gasteiger partial charge in [0.15, 0.2) is 11.5 Å². The molecule has 0 atom stereocenters. The molecular formula is C19H20N2O4S. The van der Waals surface area contributed by atoms with Crippen LogP contribution in [0.25, 0.3) is 0 Å². The van der Waals surface area contributed by atoms with E-state index in [-0.39, 0.29) is 5.91 Å². The highest BCUT2D eigenvalue weighted by Gasteiger charge is 2.14. The van der Waals surface area contributed by atoms with Crippen LogP contribution in [0.4, 0.5) is 0 Å². The third-order valence-corrected chi connectivity index (χ3v) is 4.74. The topological polar surface area (TPSA) is 73.6 Å². The van der Waals surface area contributed by atoms with Crippen molar-refractivity contribution in [2.24, 2.45) is 0 Å². The molecule has 0 radical (unpaired) electrons. The quantitative estimate of drug-likeness (QED) is 0.681. The molecular weight excluding hydrogens is 352 g/mol. The van der Waals surface area contributed by atoms with E-state index in [1.807, 2.05) is 30.7 Å². The zero-order chi connectivity index (χ0) is 18.5. The number of nitrogens with one attached hydrogen (secondary N) is 1. The SMILES string of the molecule is COc1cc(C(=O)NCc2ccsc2)ccc1OCc1c(C)noc1C. The summed E-state index contributed by atoms with van der Waals surface area (Å²) in [6.07, 6.45) is 0. The van der Waals surface area contributed by atoms with Crippen molar-refractivity contribution in [2.45, 2.75) is 27.0 Å². The van der Waals surface area contributed by atoms with E-state index in [9.17, 15) is 4.79 Å². The summed E-state index contributed by atoms with van der Waals surface area (Å²) in [5, 5.41) is 10.8. The van der Waals surface area contributed by atoms with Gasteiger partial charge in [0.2, 0.25) is 0 Å². The van der Waals surface area contributed by atoms with Gasteiger partial charge in [0.1, 0.15) is 12.4 Å². The summed E-state index contributed by atoms with van der Waals surface area (Å²) in [5.41, 5.74) is 3.30. The summed E-state index contributed by atoms with van der Waals surface area (Å²) in [5.74, 6) is 1.62. The second kappa shape index (κ2) is 8.05. The van der Waals surface area contributed by atoms with Crippen molar-refractivity contribution >= 4 is 17.2 Å². The average molecular weight is 372 g/mol. The van der Waals surface area contributed by atoms with Gasteiger partial charge in [-0.15, -0.1) is 0 Å². The average Bonchev–Trinajstić information content (AvgIpc) is 3.28. The second-order valence-corrected chi connectivity index (χ2v) is 6.55. The van der Waals surface area contributed by atoms with Gasteiger partial charge < -0.3 is 19.3 Å². The number of nitrogens with zero attached hydrogens (tertiary/aromatic N) is 1. The van der Waals surface area contributed by atoms with E-state index in [1.165, 1.54) is 0 Å². The molecule has 3 rings (SSSR count). The van der Waals surface area contributed by atoms with Gasteiger partial charge in [-0.1, -0.05) is 5.16 Å². The molecule has 0 unspecified atom stereocenters. The van der Waals surface area contributed by atoms with Crippen molar-refractivity contribution in [1.29, 1.82) is 0 Å². The van der Waals surface area contributed by atoms with E-state index >= 15 is 0 Å². The lowest BCUT2D eigenvalue weighted by Crippen LogP contribution is -2.22. The van der Waals surface area contributed by atoms with E-state index in [0.717, 1.165) is 22.6 Å². The van der Waals surface area contributed by atoms with Gasteiger partial charge in [0.25, 0.3) is 5.91 Å². The Labute approximate surface area is 155 Å². The molecule has 136 valence electrons. The Morgan fingerprint density at radius 2 is 2.12 bits per heavy atom. The molecule has 0 aliphatic heterocycles. The van der Waals surface area contributed by atoms with Gasteiger partial charge in [-0.3, -0.25) is 4.79 Å². The van der Waals surface area contributed by atoms with Crippen LogP contribution in [-0.2, 0) is 13.2 Å². The molecule has 0 spiro atoms. The van der Waals surface area contributed by atoms with Crippen molar-refractivity contribution in [3.05, 3.63) is 63.2 Å². The summed E-state index contributed by atoms with van der Waals surface area (Å²) >= 11 is 1.60. The first-order valence-electron chi connectivity index (χ1n) is 8.10. The number of benzene rings is 1. The molecule has 6 nitrogen and oxygen atoms in total. The van der Waals surface area contributed by atoms with E-state index in [1.54, 1.807) is 36.6 Å². The van der Waals surface area contributed by atoms with Gasteiger partial charge in [-0.25, -0.2) is 0 Å². The van der Waals surface area contributed by atoms with Crippen LogP contribution < -0.4 is 14.8 Å². The van der Waals surface area contributed by atoms with E-state index in [2.05, 4.69) is 10.5 Å². The van der Waals surface area contributed by atoms with Gasteiger partial charge in [0, 0.05) is 12.1 Å². The molecule has 0 saturated carbocycles. The third-order valence-electron chi connectivity index (χ3n) is 4.01. The normalized spacial score (nSPS) is 10.6. The molecule has 1 amide bonds. The molecule has 3 aromatic rings. The zero-order valence-electron chi connectivity index (χ0n) is 14.9. The monoisotopic (exact) mass is 372 g/mol. The lowest BCUT2D eigenvalue weighted by molar-refractivity contribution is 0.0950. The van der Waals surface area contributed by atoms with Gasteiger partial charge in [-0.2, -0.15) is 11.3 Å². The molecule has 0 fully saturated rings. The zero-order valence-corrected chi connectivity index (χ0v) is 15.7. The number of hydrogen-bond donors (Lipinski definition) is 1. The summed E-state index contributed by atoms with van der Waals surface area (Å²) in [4.78, 5) is 12.3. The number of rotatable bonds is 7. The molecule has 1 N–H and O–H groups in total. The minimum Gasteiger partial charge on any atom is -0.493 e. The van der Waals surface area contributed by atoms with Crippen LogP contribution in [0, 0.1) is 13.8 Å². The van der Waals surface area contributed by atoms with Crippen molar-refractivity contribution in [3.8, 4) is 11.5 Å². The number of aryl methyl sites for hydroxylation is 2. The molecule has 26 heavy (non-hydrogen) atoms. The van der Waals surface area contributed by atoms with E-state index in [4.69, 9.17) is 14.0 Å². The predicted molar refractivity (Wildman–Crippen MR) is 98.8 cm³/mol. The van der Waals surface area contributed by atoms with Gasteiger partial charge in [-0.05, 0) is 54.4 Å². The summed E-state index contributed by atoms with van der Waals surface area (Å²) < 4.78 is 16.3. The number of ether oxygens (including phenoxy) is 2. The van der Waals surface area contributed by atoms with Gasteiger partial charge >= 0.3 is 0 Å². The Balaban J connectivity index is 1.67. The number of aromatic nitrogens is 1. The van der Waals surface area contributed by atoms with Crippen LogP contribution in [0.15, 0.2) is 39.5 Å². The highest BCUT2D eigenvalue weighted by Crippen LogP contribution is 2.29. The molecule has 2 heterocycles. The van der Waals surface area contributed by atoms with Crippen LogP contribution in [0.3, 0.4) is 0 Å². The van der Waals surface area contributed by atoms with Crippen LogP contribution in [0.5, 0.6) is 11.5 Å². The molecule has 2 aromatic heterocycles. The van der Waals surface area contributed by atoms with Crippen molar-refractivity contribution in [2.75, 3.05) is 7.11 Å². The van der Waals surface area contributed by atoms with Crippen molar-refractivity contribution < 1.29 is 18.8 Å². The molecule has 0 saturated heterocycles. The smallest absolute Gasteiger partial charge is 0.251 e. The molecule has 0 bridgehead atoms. The Kier molecular flexibility index (Phi) is 5.58. The molecule has 7 heteroatoms. The Hall–Kier alpha value is -2.80. The lowest BCUT2D eigenvalue weighted by atomic mass is 10.1. The maximum absolute atomic E-state index is 12.3. The van der Waals surface area contributed by atoms with Crippen LogP contribution in [0.2, 0.25) is 0 Å². The fourth-order valence-corrected chi connectivity index (χ4v) is 3.13. The first-order chi connectivity index (χ1) is 12.6. The number of amides is 1. The number of hydrogen-bond acceptors (Lipinski definition) is 6. The minimum atomic E-state index is -0.160. The maximum atomic E-state index is 12.3. The number of thiophene rings is 1. The highest BCUT2D eigenvalue weighted by molar-refractivity contribution is 7.07. The highest BCUT2D eigenvalue weighted by atomic mass is 32.1. The Morgan fingerprint density at radius 3 is 2.77 bits per heavy atom. The lowest BCUT2D eigenvalue weighted by Gasteiger charge is -2.12. The maximum Gasteiger partial charge on any atom is 0.251 e. The Morgan fingerprint density at radius 1 is 1.27 bits per heavy atom. The first-order valence-corrected chi connectivity index (χ1v) is 9.04. The van der Waals surface area contributed by atoms with Crippen molar-refractivity contribution in [3.63, 3.8) is 0 Å². The summed E-state index contributed by atoms with van der Waals surface area (Å²) in [6.45, 7) is 4.53. The fourth-order valence-electron chi connectivity index (χ4n) is 2.46. The fraction of sp³-hybridized carbons (Fsp3) is 0.263. The molecule has 1 aromatic carbocycles. The number of methoxy groups -OCH3 is 1. The first kappa shape index (κ1) is 18.0. The summed E-state index contributed by atoms with van der Waals surface area (Å²) in [6, 6.07) is 7.10. The minimum absolute atomic E-state index is 0.160. The van der Waals surface area contributed by atoms with E-state index in [0.29, 0.717) is 30.2 Å². The summed E-state index contributed by atoms with van der Waals surface area (Å²) in [7, 11) is 1.55. The molecule has 0 aliphatic carbocycles. The van der Waals surface area contributed by atoms with Crippen LogP contribution in [-0.4, -0.2) is 18.2 Å². The largest absolute Gasteiger partial charge is 0.493 e. The Bertz CT molecular complexity index is 868. The van der Waals surface area contributed by atoms with Gasteiger partial charge in [0.05, 0.1) is 18.4 Å². The standard InChI is InChI=1S/C19H20N2O4S/c1-12-16(13(2)25-21-12)10-24-17-5-4-15(8-18(17)23-3)19(22)20-9-14-6-7-26-11-14/h4-8,11H,9-10H2,1-3H3,(H,20,22). The third kappa shape index (κ3) is 4.05. The van der Waals surface area contributed by atoms with E-state index < -0.39 is 0 Å². The van der Waals surface area contributed by atoms with Crippen LogP contribution >= 0.6 is 11.3 Å². The predicted octanol–water partition coefficient (Wildman–Crippen LogP) is 3.87. The molecule has 0 aliphatic rings. The number of carbonyl (C=O) groups excluding carboxylic acids is 1. The van der Waals surface area contributed by atoms with Crippen molar-refractivity contribution in [1.82, 2.24) is 10.5 Å². The second-order valence-electron chi connectivity index (χ2n) is 5.77. The number of carbonyl (C=O) groups is 1. The van der Waals surface area contributed by atoms with Crippen LogP contribution in [0.1, 0.15) is 32.9 Å².